The predicted molar refractivity (Wildman–Crippen MR) is 117 cm³/mol. The number of phenolic OH excluding ortho intramolecular Hbond substituents is 1. The molecule has 3 N–H and O–H groups in total. The lowest BCUT2D eigenvalue weighted by Gasteiger charge is -2.40. The van der Waals surface area contributed by atoms with Crippen LogP contribution in [0.25, 0.3) is 11.1 Å². The van der Waals surface area contributed by atoms with Crippen LogP contribution in [0.15, 0.2) is 29.2 Å². The summed E-state index contributed by atoms with van der Waals surface area (Å²) in [6.45, 7) is 1.73. The third-order valence-corrected chi connectivity index (χ3v) is 6.36. The molecule has 0 spiro atoms. The number of ether oxygens (including phenoxy) is 1. The molecule has 1 aliphatic carbocycles. The molecular formula is C20H26Cl2N2O2S. The topological polar surface area (TPSA) is 58.7 Å². The molecule has 0 amide bonds. The van der Waals surface area contributed by atoms with Crippen molar-refractivity contribution in [2.75, 3.05) is 33.0 Å². The summed E-state index contributed by atoms with van der Waals surface area (Å²) >= 11 is 1.79. The number of fused-ring (bicyclic) bond motifs is 2. The van der Waals surface area contributed by atoms with E-state index in [0.29, 0.717) is 18.3 Å². The van der Waals surface area contributed by atoms with Crippen molar-refractivity contribution >= 4 is 36.6 Å². The smallest absolute Gasteiger partial charge is 0.165 e. The minimum absolute atomic E-state index is 0. The van der Waals surface area contributed by atoms with Gasteiger partial charge in [-0.25, -0.2) is 0 Å². The summed E-state index contributed by atoms with van der Waals surface area (Å²) in [5.41, 5.74) is 11.8. The number of hydrogen-bond donors (Lipinski definition) is 2. The van der Waals surface area contributed by atoms with Crippen molar-refractivity contribution < 1.29 is 9.84 Å². The first kappa shape index (κ1) is 22.2. The summed E-state index contributed by atoms with van der Waals surface area (Å²) in [5.74, 6) is 1.70. The van der Waals surface area contributed by atoms with Crippen LogP contribution in [0.4, 0.5) is 0 Å². The van der Waals surface area contributed by atoms with Gasteiger partial charge in [-0.15, -0.1) is 36.6 Å². The number of phenols is 1. The monoisotopic (exact) mass is 428 g/mol. The van der Waals surface area contributed by atoms with E-state index in [4.69, 9.17) is 10.5 Å². The van der Waals surface area contributed by atoms with E-state index >= 15 is 0 Å². The van der Waals surface area contributed by atoms with Gasteiger partial charge >= 0.3 is 0 Å². The van der Waals surface area contributed by atoms with Crippen molar-refractivity contribution in [3.63, 3.8) is 0 Å². The number of thioether (sulfide) groups is 1. The molecule has 0 unspecified atom stereocenters. The average Bonchev–Trinajstić information content (AvgIpc) is 2.62. The molecule has 2 aromatic carbocycles. The number of likely N-dealkylation sites (N-methyl/N-ethyl adjacent to an activating group) is 1. The molecule has 0 bridgehead atoms. The molecule has 0 saturated carbocycles. The van der Waals surface area contributed by atoms with Gasteiger partial charge in [0.1, 0.15) is 0 Å². The van der Waals surface area contributed by atoms with Crippen molar-refractivity contribution in [1.29, 1.82) is 0 Å². The van der Waals surface area contributed by atoms with Gasteiger partial charge in [0, 0.05) is 35.3 Å². The maximum Gasteiger partial charge on any atom is 0.165 e. The Balaban J connectivity index is 0.00000131. The van der Waals surface area contributed by atoms with E-state index < -0.39 is 0 Å². The average molecular weight is 429 g/mol. The van der Waals surface area contributed by atoms with E-state index in [1.165, 1.54) is 21.6 Å². The van der Waals surface area contributed by atoms with E-state index in [-0.39, 0.29) is 30.6 Å². The molecule has 148 valence electrons. The molecule has 27 heavy (non-hydrogen) atoms. The lowest BCUT2D eigenvalue weighted by Crippen LogP contribution is -2.35. The zero-order chi connectivity index (χ0) is 17.6. The lowest BCUT2D eigenvalue weighted by molar-refractivity contribution is 0.227. The maximum absolute atomic E-state index is 10.8. The summed E-state index contributed by atoms with van der Waals surface area (Å²) in [7, 11) is 3.80. The second kappa shape index (κ2) is 8.93. The van der Waals surface area contributed by atoms with E-state index in [9.17, 15) is 5.11 Å². The van der Waals surface area contributed by atoms with Crippen LogP contribution < -0.4 is 10.5 Å². The molecule has 1 aliphatic heterocycles. The van der Waals surface area contributed by atoms with E-state index in [0.717, 1.165) is 36.3 Å². The molecule has 0 aromatic heterocycles. The molecular weight excluding hydrogens is 403 g/mol. The molecule has 0 fully saturated rings. The third-order valence-electron chi connectivity index (χ3n) is 5.35. The van der Waals surface area contributed by atoms with E-state index in [1.807, 2.05) is 6.07 Å². The van der Waals surface area contributed by atoms with Crippen LogP contribution in [0.3, 0.4) is 0 Å². The third kappa shape index (κ3) is 3.76. The van der Waals surface area contributed by atoms with Gasteiger partial charge in [0.2, 0.25) is 0 Å². The first-order valence-corrected chi connectivity index (χ1v) is 9.71. The highest BCUT2D eigenvalue weighted by atomic mass is 35.5. The maximum atomic E-state index is 10.8. The summed E-state index contributed by atoms with van der Waals surface area (Å²) < 4.78 is 5.36. The zero-order valence-corrected chi connectivity index (χ0v) is 18.0. The Morgan fingerprint density at radius 1 is 1.26 bits per heavy atom. The Bertz CT molecular complexity index is 832. The van der Waals surface area contributed by atoms with Crippen LogP contribution >= 0.6 is 36.6 Å². The SMILES string of the molecule is COc1ccc2c(c1O)-c1cc(SCCN)cc3c1[C@@H](C2)N(C)CC3.Cl.Cl. The minimum atomic E-state index is 0. The first-order valence-electron chi connectivity index (χ1n) is 8.73. The Morgan fingerprint density at radius 2 is 2.04 bits per heavy atom. The van der Waals surface area contributed by atoms with Crippen molar-refractivity contribution in [3.05, 3.63) is 41.0 Å². The highest BCUT2D eigenvalue weighted by Crippen LogP contribution is 2.51. The number of halogens is 2. The predicted octanol–water partition coefficient (Wildman–Crippen LogP) is 4.05. The highest BCUT2D eigenvalue weighted by Gasteiger charge is 2.34. The second-order valence-corrected chi connectivity index (χ2v) is 7.95. The number of nitrogens with two attached hydrogens (primary N) is 1. The Kier molecular flexibility index (Phi) is 7.33. The molecule has 1 atom stereocenters. The molecule has 1 heterocycles. The number of rotatable bonds is 4. The van der Waals surface area contributed by atoms with E-state index in [1.54, 1.807) is 18.9 Å². The van der Waals surface area contributed by atoms with Crippen molar-refractivity contribution in [1.82, 2.24) is 4.90 Å². The summed E-state index contributed by atoms with van der Waals surface area (Å²) in [4.78, 5) is 3.67. The van der Waals surface area contributed by atoms with Crippen LogP contribution in [-0.4, -0.2) is 43.0 Å². The Labute approximate surface area is 177 Å². The van der Waals surface area contributed by atoms with E-state index in [2.05, 4.69) is 30.1 Å². The van der Waals surface area contributed by atoms with Gasteiger partial charge in [0.25, 0.3) is 0 Å². The molecule has 4 rings (SSSR count). The fraction of sp³-hybridized carbons (Fsp3) is 0.400. The van der Waals surface area contributed by atoms with Gasteiger partial charge in [-0.3, -0.25) is 4.90 Å². The first-order chi connectivity index (χ1) is 12.1. The summed E-state index contributed by atoms with van der Waals surface area (Å²) in [6, 6.07) is 8.89. The van der Waals surface area contributed by atoms with Crippen molar-refractivity contribution in [2.24, 2.45) is 5.73 Å². The number of nitrogens with zero attached hydrogens (tertiary/aromatic N) is 1. The lowest BCUT2D eigenvalue weighted by atomic mass is 9.77. The number of methoxy groups -OCH3 is 1. The number of aromatic hydroxyl groups is 1. The van der Waals surface area contributed by atoms with Gasteiger partial charge < -0.3 is 15.6 Å². The normalized spacial score (nSPS) is 17.2. The number of benzene rings is 2. The Hall–Kier alpha value is -1.11. The fourth-order valence-corrected chi connectivity index (χ4v) is 4.92. The molecule has 2 aliphatic rings. The zero-order valence-electron chi connectivity index (χ0n) is 15.5. The molecule has 7 heteroatoms. The summed E-state index contributed by atoms with van der Waals surface area (Å²) in [5, 5.41) is 10.8. The van der Waals surface area contributed by atoms with Crippen LogP contribution in [0, 0.1) is 0 Å². The summed E-state index contributed by atoms with van der Waals surface area (Å²) in [6.07, 6.45) is 1.98. The molecule has 2 aromatic rings. The standard InChI is InChI=1S/C20H24N2O2S.2ClH/c1-22-7-5-13-9-14(25-8-6-21)11-15-18(13)16(22)10-12-3-4-17(24-2)20(23)19(12)15;;/h3-4,9,11,16,23H,5-8,10,21H2,1-2H3;2*1H/t16-;;/m1../s1. The molecule has 4 nitrogen and oxygen atoms in total. The highest BCUT2D eigenvalue weighted by molar-refractivity contribution is 7.99. The Morgan fingerprint density at radius 3 is 2.74 bits per heavy atom. The largest absolute Gasteiger partial charge is 0.504 e. The van der Waals surface area contributed by atoms with Gasteiger partial charge in [-0.05, 0) is 60.3 Å². The van der Waals surface area contributed by atoms with Gasteiger partial charge in [-0.2, -0.15) is 0 Å². The van der Waals surface area contributed by atoms with Crippen LogP contribution in [-0.2, 0) is 12.8 Å². The molecule has 0 saturated heterocycles. The number of hydrogen-bond acceptors (Lipinski definition) is 5. The van der Waals surface area contributed by atoms with Crippen LogP contribution in [0.1, 0.15) is 22.7 Å². The van der Waals surface area contributed by atoms with Gasteiger partial charge in [-0.1, -0.05) is 6.07 Å². The van der Waals surface area contributed by atoms with Gasteiger partial charge in [0.15, 0.2) is 11.5 Å². The van der Waals surface area contributed by atoms with Crippen LogP contribution in [0.5, 0.6) is 11.5 Å². The van der Waals surface area contributed by atoms with Gasteiger partial charge in [0.05, 0.1) is 7.11 Å². The molecule has 0 radical (unpaired) electrons. The quantitative estimate of drug-likeness (QED) is 0.719. The second-order valence-electron chi connectivity index (χ2n) is 6.78. The fourth-order valence-electron chi connectivity index (χ4n) is 4.14. The minimum Gasteiger partial charge on any atom is -0.504 e. The van der Waals surface area contributed by atoms with Crippen molar-refractivity contribution in [3.8, 4) is 22.6 Å². The van der Waals surface area contributed by atoms with Crippen molar-refractivity contribution in [2.45, 2.75) is 23.8 Å². The van der Waals surface area contributed by atoms with Crippen LogP contribution in [0.2, 0.25) is 0 Å².